The number of ether oxygens (including phenoxy) is 3. The van der Waals surface area contributed by atoms with Crippen molar-refractivity contribution in [2.24, 2.45) is 4.99 Å². The highest BCUT2D eigenvalue weighted by Crippen LogP contribution is 2.24. The van der Waals surface area contributed by atoms with E-state index >= 15 is 0 Å². The Bertz CT molecular complexity index is 787. The lowest BCUT2D eigenvalue weighted by Gasteiger charge is -2.15. The monoisotopic (exact) mass is 503 g/mol. The Morgan fingerprint density at radius 3 is 2.36 bits per heavy atom. The molecule has 2 aromatic rings. The van der Waals surface area contributed by atoms with Gasteiger partial charge < -0.3 is 24.8 Å². The molecule has 28 heavy (non-hydrogen) atoms. The Labute approximate surface area is 182 Å². The van der Waals surface area contributed by atoms with Crippen molar-refractivity contribution in [1.82, 2.24) is 10.6 Å². The lowest BCUT2D eigenvalue weighted by molar-refractivity contribution is 0.321. The van der Waals surface area contributed by atoms with E-state index in [1.807, 2.05) is 31.2 Å². The van der Waals surface area contributed by atoms with E-state index in [0.717, 1.165) is 22.6 Å². The van der Waals surface area contributed by atoms with Gasteiger partial charge in [0.25, 0.3) is 0 Å². The third-order valence-electron chi connectivity index (χ3n) is 3.92. The van der Waals surface area contributed by atoms with Gasteiger partial charge >= 0.3 is 0 Å². The van der Waals surface area contributed by atoms with Gasteiger partial charge in [-0.2, -0.15) is 0 Å². The first kappa shape index (κ1) is 23.8. The number of rotatable bonds is 8. The molecule has 0 saturated carbocycles. The molecular weight excluding hydrogens is 476 g/mol. The van der Waals surface area contributed by atoms with Crippen LogP contribution < -0.4 is 24.8 Å². The molecule has 0 fully saturated rings. The molecule has 0 atom stereocenters. The zero-order valence-electron chi connectivity index (χ0n) is 16.5. The SMILES string of the molecule is CCOc1ccc(CNC(=NC)NCc2ccc(OC)cc2OC)cc1F.I. The van der Waals surface area contributed by atoms with Crippen LogP contribution in [0.15, 0.2) is 41.4 Å². The van der Waals surface area contributed by atoms with E-state index in [9.17, 15) is 4.39 Å². The first-order valence-corrected chi connectivity index (χ1v) is 8.67. The van der Waals surface area contributed by atoms with E-state index in [2.05, 4.69) is 15.6 Å². The fourth-order valence-corrected chi connectivity index (χ4v) is 2.51. The van der Waals surface area contributed by atoms with Crippen LogP contribution in [0, 0.1) is 5.82 Å². The first-order chi connectivity index (χ1) is 13.1. The Hall–Kier alpha value is -2.23. The molecule has 0 amide bonds. The van der Waals surface area contributed by atoms with Crippen LogP contribution in [-0.2, 0) is 13.1 Å². The number of hydrogen-bond donors (Lipinski definition) is 2. The largest absolute Gasteiger partial charge is 0.497 e. The van der Waals surface area contributed by atoms with E-state index in [0.29, 0.717) is 25.7 Å². The Morgan fingerprint density at radius 2 is 1.75 bits per heavy atom. The molecule has 0 heterocycles. The minimum Gasteiger partial charge on any atom is -0.497 e. The summed E-state index contributed by atoms with van der Waals surface area (Å²) in [5, 5.41) is 6.37. The number of guanidine groups is 1. The van der Waals surface area contributed by atoms with Crippen LogP contribution in [0.2, 0.25) is 0 Å². The third-order valence-corrected chi connectivity index (χ3v) is 3.92. The van der Waals surface area contributed by atoms with Gasteiger partial charge in [0.1, 0.15) is 11.5 Å². The second-order valence-corrected chi connectivity index (χ2v) is 5.65. The fourth-order valence-electron chi connectivity index (χ4n) is 2.51. The van der Waals surface area contributed by atoms with Gasteiger partial charge in [-0.3, -0.25) is 4.99 Å². The summed E-state index contributed by atoms with van der Waals surface area (Å²) in [6.07, 6.45) is 0. The molecular formula is C20H27FIN3O3. The second kappa shape index (κ2) is 12.3. The molecule has 2 N–H and O–H groups in total. The predicted octanol–water partition coefficient (Wildman–Crippen LogP) is 3.72. The molecule has 0 spiro atoms. The van der Waals surface area contributed by atoms with Crippen LogP contribution >= 0.6 is 24.0 Å². The second-order valence-electron chi connectivity index (χ2n) is 5.65. The maximum atomic E-state index is 13.9. The highest BCUT2D eigenvalue weighted by Gasteiger charge is 2.08. The zero-order chi connectivity index (χ0) is 19.6. The van der Waals surface area contributed by atoms with Crippen LogP contribution in [0.4, 0.5) is 4.39 Å². The number of halogens is 2. The summed E-state index contributed by atoms with van der Waals surface area (Å²) in [5.41, 5.74) is 1.76. The van der Waals surface area contributed by atoms with Gasteiger partial charge in [-0.25, -0.2) is 4.39 Å². The average molecular weight is 503 g/mol. The molecule has 154 valence electrons. The summed E-state index contributed by atoms with van der Waals surface area (Å²) < 4.78 is 29.7. The average Bonchev–Trinajstić information content (AvgIpc) is 2.70. The first-order valence-electron chi connectivity index (χ1n) is 8.67. The molecule has 0 aromatic heterocycles. The van der Waals surface area contributed by atoms with Crippen molar-refractivity contribution in [1.29, 1.82) is 0 Å². The maximum absolute atomic E-state index is 13.9. The lowest BCUT2D eigenvalue weighted by Crippen LogP contribution is -2.36. The van der Waals surface area contributed by atoms with Crippen molar-refractivity contribution in [3.05, 3.63) is 53.3 Å². The Balaban J connectivity index is 0.00000392. The van der Waals surface area contributed by atoms with E-state index in [4.69, 9.17) is 14.2 Å². The Morgan fingerprint density at radius 1 is 1.00 bits per heavy atom. The number of hydrogen-bond acceptors (Lipinski definition) is 4. The fraction of sp³-hybridized carbons (Fsp3) is 0.350. The molecule has 0 bridgehead atoms. The smallest absolute Gasteiger partial charge is 0.191 e. The van der Waals surface area contributed by atoms with Gasteiger partial charge in [-0.15, -0.1) is 24.0 Å². The minimum atomic E-state index is -0.373. The molecule has 2 aromatic carbocycles. The normalized spacial score (nSPS) is 10.7. The van der Waals surface area contributed by atoms with Crippen LogP contribution in [0.1, 0.15) is 18.1 Å². The summed E-state index contributed by atoms with van der Waals surface area (Å²) in [7, 11) is 4.91. The third kappa shape index (κ3) is 6.74. The lowest BCUT2D eigenvalue weighted by atomic mass is 10.2. The minimum absolute atomic E-state index is 0. The van der Waals surface area contributed by atoms with E-state index < -0.39 is 0 Å². The van der Waals surface area contributed by atoms with E-state index in [1.165, 1.54) is 6.07 Å². The van der Waals surface area contributed by atoms with Crippen LogP contribution in [0.5, 0.6) is 17.2 Å². The summed E-state index contributed by atoms with van der Waals surface area (Å²) in [6, 6.07) is 10.5. The molecule has 0 unspecified atom stereocenters. The molecule has 6 nitrogen and oxygen atoms in total. The van der Waals surface area contributed by atoms with E-state index in [1.54, 1.807) is 27.3 Å². The van der Waals surface area contributed by atoms with Crippen LogP contribution in [0.25, 0.3) is 0 Å². The summed E-state index contributed by atoms with van der Waals surface area (Å²) in [5.74, 6) is 1.95. The van der Waals surface area contributed by atoms with Gasteiger partial charge in [0.2, 0.25) is 0 Å². The molecule has 0 aliphatic heterocycles. The number of methoxy groups -OCH3 is 2. The number of aliphatic imine (C=N–C) groups is 1. The summed E-state index contributed by atoms with van der Waals surface area (Å²) in [6.45, 7) is 3.20. The van der Waals surface area contributed by atoms with Crippen LogP contribution in [-0.4, -0.2) is 33.8 Å². The van der Waals surface area contributed by atoms with E-state index in [-0.39, 0.29) is 35.5 Å². The highest BCUT2D eigenvalue weighted by molar-refractivity contribution is 14.0. The van der Waals surface area contributed by atoms with Gasteiger partial charge in [-0.1, -0.05) is 6.07 Å². The van der Waals surface area contributed by atoms with Crippen molar-refractivity contribution < 1.29 is 18.6 Å². The Kier molecular flexibility index (Phi) is 10.4. The van der Waals surface area contributed by atoms with Crippen molar-refractivity contribution >= 4 is 29.9 Å². The van der Waals surface area contributed by atoms with Crippen LogP contribution in [0.3, 0.4) is 0 Å². The number of nitrogens with zero attached hydrogens (tertiary/aromatic N) is 1. The van der Waals surface area contributed by atoms with Crippen molar-refractivity contribution in [3.8, 4) is 17.2 Å². The van der Waals surface area contributed by atoms with Gasteiger partial charge in [0.15, 0.2) is 17.5 Å². The highest BCUT2D eigenvalue weighted by atomic mass is 127. The topological polar surface area (TPSA) is 64.1 Å². The predicted molar refractivity (Wildman–Crippen MR) is 120 cm³/mol. The molecule has 0 aliphatic carbocycles. The quantitative estimate of drug-likeness (QED) is 0.327. The van der Waals surface area contributed by atoms with Gasteiger partial charge in [0.05, 0.1) is 20.8 Å². The molecule has 0 aliphatic rings. The van der Waals surface area contributed by atoms with Crippen molar-refractivity contribution in [3.63, 3.8) is 0 Å². The van der Waals surface area contributed by atoms with Crippen molar-refractivity contribution in [2.75, 3.05) is 27.9 Å². The molecule has 8 heteroatoms. The number of benzene rings is 2. The maximum Gasteiger partial charge on any atom is 0.191 e. The summed E-state index contributed by atoms with van der Waals surface area (Å²) >= 11 is 0. The van der Waals surface area contributed by atoms with Crippen molar-refractivity contribution in [2.45, 2.75) is 20.0 Å². The molecule has 2 rings (SSSR count). The molecule has 0 saturated heterocycles. The standard InChI is InChI=1S/C20H26FN3O3.HI/c1-5-27-18-9-6-14(10-17(18)21)12-23-20(22-2)24-13-15-7-8-16(25-3)11-19(15)26-4;/h6-11H,5,12-13H2,1-4H3,(H2,22,23,24);1H. The number of nitrogens with one attached hydrogen (secondary N) is 2. The molecule has 0 radical (unpaired) electrons. The van der Waals surface area contributed by atoms with Gasteiger partial charge in [-0.05, 0) is 36.8 Å². The van der Waals surface area contributed by atoms with Gasteiger partial charge in [0, 0.05) is 31.8 Å². The zero-order valence-corrected chi connectivity index (χ0v) is 18.9. The summed E-state index contributed by atoms with van der Waals surface area (Å²) in [4.78, 5) is 4.19.